The molecule has 16 heavy (non-hydrogen) atoms. The molecule has 84 valence electrons. The Hall–Kier alpha value is -1.77. The molecule has 2 rings (SSSR count). The monoisotopic (exact) mass is 216 g/mol. The van der Waals surface area contributed by atoms with E-state index < -0.39 is 0 Å². The van der Waals surface area contributed by atoms with Crippen LogP contribution < -0.4 is 10.5 Å². The summed E-state index contributed by atoms with van der Waals surface area (Å²) >= 11 is 0. The van der Waals surface area contributed by atoms with Crippen molar-refractivity contribution in [2.75, 3.05) is 5.73 Å². The van der Waals surface area contributed by atoms with E-state index in [1.165, 1.54) is 0 Å². The van der Waals surface area contributed by atoms with Gasteiger partial charge in [0.1, 0.15) is 11.3 Å². The lowest BCUT2D eigenvalue weighted by molar-refractivity contribution is 0.220. The van der Waals surface area contributed by atoms with Crippen LogP contribution in [0.4, 0.5) is 5.69 Å². The molecule has 1 aromatic heterocycles. The summed E-state index contributed by atoms with van der Waals surface area (Å²) in [6.45, 7) is 4.14. The van der Waals surface area contributed by atoms with E-state index in [0.717, 1.165) is 28.8 Å². The highest BCUT2D eigenvalue weighted by Gasteiger charge is 2.08. The van der Waals surface area contributed by atoms with Crippen LogP contribution in [0, 0.1) is 0 Å². The van der Waals surface area contributed by atoms with Crippen molar-refractivity contribution < 1.29 is 4.74 Å². The third kappa shape index (κ3) is 1.94. The van der Waals surface area contributed by atoms with Gasteiger partial charge in [-0.3, -0.25) is 4.98 Å². The Morgan fingerprint density at radius 1 is 1.38 bits per heavy atom. The largest absolute Gasteiger partial charge is 0.488 e. The summed E-state index contributed by atoms with van der Waals surface area (Å²) in [6.07, 6.45) is 2.91. The van der Waals surface area contributed by atoms with Crippen LogP contribution in [0.15, 0.2) is 30.5 Å². The van der Waals surface area contributed by atoms with Gasteiger partial charge in [-0.1, -0.05) is 6.92 Å². The van der Waals surface area contributed by atoms with E-state index in [9.17, 15) is 0 Å². The van der Waals surface area contributed by atoms with Gasteiger partial charge in [-0.15, -0.1) is 0 Å². The maximum absolute atomic E-state index is 5.89. The van der Waals surface area contributed by atoms with Crippen molar-refractivity contribution in [3.05, 3.63) is 30.5 Å². The van der Waals surface area contributed by atoms with Crippen LogP contribution >= 0.6 is 0 Å². The molecule has 0 saturated heterocycles. The van der Waals surface area contributed by atoms with Crippen molar-refractivity contribution in [2.45, 2.75) is 26.4 Å². The van der Waals surface area contributed by atoms with Gasteiger partial charge in [0.05, 0.1) is 6.10 Å². The molecule has 0 unspecified atom stereocenters. The number of anilines is 1. The van der Waals surface area contributed by atoms with Crippen molar-refractivity contribution in [1.82, 2.24) is 4.98 Å². The third-order valence-electron chi connectivity index (χ3n) is 2.67. The highest BCUT2D eigenvalue weighted by Crippen LogP contribution is 2.28. The van der Waals surface area contributed by atoms with Crippen LogP contribution in [0.2, 0.25) is 0 Å². The third-order valence-corrected chi connectivity index (χ3v) is 2.67. The average Bonchev–Trinajstić information content (AvgIpc) is 2.33. The van der Waals surface area contributed by atoms with Crippen molar-refractivity contribution in [3.8, 4) is 5.75 Å². The first kappa shape index (κ1) is 10.7. The molecular formula is C13H16N2O. The molecule has 0 saturated carbocycles. The van der Waals surface area contributed by atoms with E-state index in [-0.39, 0.29) is 6.10 Å². The van der Waals surface area contributed by atoms with Gasteiger partial charge >= 0.3 is 0 Å². The van der Waals surface area contributed by atoms with E-state index in [4.69, 9.17) is 10.5 Å². The second kappa shape index (κ2) is 4.39. The van der Waals surface area contributed by atoms with E-state index in [2.05, 4.69) is 11.9 Å². The average molecular weight is 216 g/mol. The first-order valence-electron chi connectivity index (χ1n) is 5.52. The quantitative estimate of drug-likeness (QED) is 0.802. The molecule has 0 bridgehead atoms. The number of nitrogen functional groups attached to an aromatic ring is 1. The number of nitrogens with zero attached hydrogens (tertiary/aromatic N) is 1. The minimum atomic E-state index is 0.189. The van der Waals surface area contributed by atoms with Crippen molar-refractivity contribution in [3.63, 3.8) is 0 Å². The van der Waals surface area contributed by atoms with Gasteiger partial charge in [0, 0.05) is 17.3 Å². The molecule has 0 fully saturated rings. The molecule has 0 aliphatic rings. The van der Waals surface area contributed by atoms with Crippen LogP contribution in [0.3, 0.4) is 0 Å². The smallest absolute Gasteiger partial charge is 0.146 e. The Labute approximate surface area is 95.2 Å². The van der Waals surface area contributed by atoms with Gasteiger partial charge in [0.2, 0.25) is 0 Å². The molecule has 1 heterocycles. The summed E-state index contributed by atoms with van der Waals surface area (Å²) in [6, 6.07) is 7.59. The molecule has 3 nitrogen and oxygen atoms in total. The zero-order valence-corrected chi connectivity index (χ0v) is 9.60. The minimum absolute atomic E-state index is 0.189. The molecule has 1 aromatic carbocycles. The zero-order chi connectivity index (χ0) is 11.5. The Balaban J connectivity index is 2.50. The number of benzene rings is 1. The molecule has 0 aliphatic carbocycles. The van der Waals surface area contributed by atoms with Crippen molar-refractivity contribution in [1.29, 1.82) is 0 Å². The lowest BCUT2D eigenvalue weighted by Crippen LogP contribution is -2.10. The Morgan fingerprint density at radius 3 is 2.94 bits per heavy atom. The predicted molar refractivity (Wildman–Crippen MR) is 66.5 cm³/mol. The molecule has 0 amide bonds. The van der Waals surface area contributed by atoms with Gasteiger partial charge in [0.15, 0.2) is 0 Å². The summed E-state index contributed by atoms with van der Waals surface area (Å²) in [5, 5.41) is 0.948. The fraction of sp³-hybridized carbons (Fsp3) is 0.308. The predicted octanol–water partition coefficient (Wildman–Crippen LogP) is 2.99. The number of hydrogen-bond donors (Lipinski definition) is 1. The Bertz CT molecular complexity index is 496. The molecule has 1 atom stereocenters. The van der Waals surface area contributed by atoms with Crippen LogP contribution in [-0.4, -0.2) is 11.1 Å². The lowest BCUT2D eigenvalue weighted by atomic mass is 10.1. The number of aromatic nitrogens is 1. The van der Waals surface area contributed by atoms with Gasteiger partial charge < -0.3 is 10.5 Å². The van der Waals surface area contributed by atoms with Gasteiger partial charge in [-0.05, 0) is 37.6 Å². The molecule has 3 heteroatoms. The van der Waals surface area contributed by atoms with E-state index in [1.807, 2.05) is 31.2 Å². The van der Waals surface area contributed by atoms with E-state index in [0.29, 0.717) is 0 Å². The zero-order valence-electron chi connectivity index (χ0n) is 9.60. The molecular weight excluding hydrogens is 200 g/mol. The summed E-state index contributed by atoms with van der Waals surface area (Å²) in [5.41, 5.74) is 7.46. The van der Waals surface area contributed by atoms with E-state index in [1.54, 1.807) is 6.20 Å². The number of pyridine rings is 1. The Morgan fingerprint density at radius 2 is 2.19 bits per heavy atom. The number of fused-ring (bicyclic) bond motifs is 1. The number of rotatable bonds is 3. The van der Waals surface area contributed by atoms with Crippen LogP contribution in [0.25, 0.3) is 10.9 Å². The fourth-order valence-electron chi connectivity index (χ4n) is 1.56. The maximum Gasteiger partial charge on any atom is 0.146 e. The highest BCUT2D eigenvalue weighted by atomic mass is 16.5. The maximum atomic E-state index is 5.89. The molecule has 2 N–H and O–H groups in total. The first-order valence-corrected chi connectivity index (χ1v) is 5.52. The summed E-state index contributed by atoms with van der Waals surface area (Å²) in [5.74, 6) is 0.805. The lowest BCUT2D eigenvalue weighted by Gasteiger charge is -2.14. The molecule has 2 aromatic rings. The normalized spacial score (nSPS) is 12.6. The summed E-state index contributed by atoms with van der Waals surface area (Å²) in [4.78, 5) is 4.32. The molecule has 0 aliphatic heterocycles. The second-order valence-corrected chi connectivity index (χ2v) is 3.89. The Kier molecular flexibility index (Phi) is 2.95. The summed E-state index contributed by atoms with van der Waals surface area (Å²) in [7, 11) is 0. The van der Waals surface area contributed by atoms with Gasteiger partial charge in [-0.25, -0.2) is 0 Å². The minimum Gasteiger partial charge on any atom is -0.488 e. The number of ether oxygens (including phenoxy) is 1. The number of hydrogen-bond acceptors (Lipinski definition) is 3. The highest BCUT2D eigenvalue weighted by molar-refractivity contribution is 5.94. The van der Waals surface area contributed by atoms with Crippen LogP contribution in [-0.2, 0) is 0 Å². The molecule has 0 radical (unpaired) electrons. The SMILES string of the molecule is CC[C@H](C)Oc1ccc(N)c2cccnc12. The summed E-state index contributed by atoms with van der Waals surface area (Å²) < 4.78 is 5.81. The van der Waals surface area contributed by atoms with Crippen molar-refractivity contribution in [2.24, 2.45) is 0 Å². The standard InChI is InChI=1S/C13H16N2O/c1-3-9(2)16-12-7-6-11(14)10-5-4-8-15-13(10)12/h4-9H,3,14H2,1-2H3/t9-/m0/s1. The molecule has 0 spiro atoms. The second-order valence-electron chi connectivity index (χ2n) is 3.89. The first-order chi connectivity index (χ1) is 7.72. The van der Waals surface area contributed by atoms with Gasteiger partial charge in [-0.2, -0.15) is 0 Å². The number of nitrogens with two attached hydrogens (primary N) is 1. The fourth-order valence-corrected chi connectivity index (χ4v) is 1.56. The van der Waals surface area contributed by atoms with Crippen LogP contribution in [0.1, 0.15) is 20.3 Å². The van der Waals surface area contributed by atoms with E-state index >= 15 is 0 Å². The van der Waals surface area contributed by atoms with Crippen LogP contribution in [0.5, 0.6) is 5.75 Å². The topological polar surface area (TPSA) is 48.1 Å². The van der Waals surface area contributed by atoms with Gasteiger partial charge in [0.25, 0.3) is 0 Å². The van der Waals surface area contributed by atoms with Crippen molar-refractivity contribution >= 4 is 16.6 Å².